The average Bonchev–Trinajstić information content (AvgIpc) is 3.32. The minimum Gasteiger partial charge on any atom is -0.378 e. The van der Waals surface area contributed by atoms with E-state index in [1.165, 1.54) is 0 Å². The van der Waals surface area contributed by atoms with E-state index in [1.807, 2.05) is 20.9 Å². The van der Waals surface area contributed by atoms with E-state index in [9.17, 15) is 9.59 Å². The highest BCUT2D eigenvalue weighted by Gasteiger charge is 2.20. The summed E-state index contributed by atoms with van der Waals surface area (Å²) in [5.74, 6) is -0.398. The fraction of sp³-hybridized carbons (Fsp3) is 0.333. The summed E-state index contributed by atoms with van der Waals surface area (Å²) in [5.41, 5.74) is 4.80. The smallest absolute Gasteiger partial charge is 0.273 e. The Morgan fingerprint density at radius 3 is 2.63 bits per heavy atom. The van der Waals surface area contributed by atoms with Crippen molar-refractivity contribution in [1.29, 1.82) is 0 Å². The van der Waals surface area contributed by atoms with Gasteiger partial charge in [0.15, 0.2) is 0 Å². The number of carbonyl (C=O) groups is 2. The minimum atomic E-state index is -0.330. The van der Waals surface area contributed by atoms with Gasteiger partial charge in [-0.05, 0) is 38.1 Å². The summed E-state index contributed by atoms with van der Waals surface area (Å²) in [6, 6.07) is 8.64. The molecule has 0 unspecified atom stereocenters. The molecule has 2 aromatic heterocycles. The minimum absolute atomic E-state index is 0.0687. The summed E-state index contributed by atoms with van der Waals surface area (Å²) in [6.07, 6.45) is 0. The fourth-order valence-corrected chi connectivity index (χ4v) is 3.59. The molecule has 4 rings (SSSR count). The number of hydrogen-bond acceptors (Lipinski definition) is 5. The van der Waals surface area contributed by atoms with Crippen molar-refractivity contribution < 1.29 is 14.3 Å². The van der Waals surface area contributed by atoms with Gasteiger partial charge in [0.2, 0.25) is 0 Å². The van der Waals surface area contributed by atoms with E-state index in [-0.39, 0.29) is 11.8 Å². The number of morpholine rings is 1. The van der Waals surface area contributed by atoms with Crippen LogP contribution in [0.1, 0.15) is 32.2 Å². The molecule has 3 heterocycles. The van der Waals surface area contributed by atoms with Gasteiger partial charge in [-0.3, -0.25) is 19.4 Å². The lowest BCUT2D eigenvalue weighted by atomic mass is 10.1. The normalized spacial score (nSPS) is 14.0. The molecule has 1 aliphatic heterocycles. The predicted octanol–water partition coefficient (Wildman–Crippen LogP) is 2.15. The Kier molecular flexibility index (Phi) is 5.37. The van der Waals surface area contributed by atoms with Crippen molar-refractivity contribution in [3.63, 3.8) is 0 Å². The number of benzene rings is 1. The first kappa shape index (κ1) is 19.8. The van der Waals surface area contributed by atoms with Crippen LogP contribution in [-0.4, -0.2) is 63.0 Å². The standard InChI is InChI=1S/C21H24N6O3/c1-13-19(14(2)26(3)25-13)17-12-18(24-23-17)20(28)22-16-6-4-5-15(11-16)21(29)27-7-9-30-10-8-27/h4-6,11-12H,7-10H2,1-3H3,(H,22,28)(H,23,24). The predicted molar refractivity (Wildman–Crippen MR) is 111 cm³/mol. The molecule has 1 aliphatic rings. The molecule has 0 radical (unpaired) electrons. The second-order valence-electron chi connectivity index (χ2n) is 7.28. The molecule has 30 heavy (non-hydrogen) atoms. The fourth-order valence-electron chi connectivity index (χ4n) is 3.59. The molecule has 9 heteroatoms. The van der Waals surface area contributed by atoms with Crippen LogP contribution in [-0.2, 0) is 11.8 Å². The zero-order valence-electron chi connectivity index (χ0n) is 17.2. The summed E-state index contributed by atoms with van der Waals surface area (Å²) in [5, 5.41) is 14.3. The van der Waals surface area contributed by atoms with Crippen molar-refractivity contribution in [1.82, 2.24) is 24.9 Å². The Morgan fingerprint density at radius 2 is 1.93 bits per heavy atom. The molecule has 0 aliphatic carbocycles. The van der Waals surface area contributed by atoms with Gasteiger partial charge in [-0.25, -0.2) is 0 Å². The van der Waals surface area contributed by atoms with Crippen LogP contribution in [0.4, 0.5) is 5.69 Å². The molecule has 0 atom stereocenters. The number of H-pyrrole nitrogens is 1. The number of aromatic nitrogens is 4. The molecule has 0 saturated carbocycles. The summed E-state index contributed by atoms with van der Waals surface area (Å²) in [4.78, 5) is 27.1. The maximum Gasteiger partial charge on any atom is 0.273 e. The van der Waals surface area contributed by atoms with Crippen molar-refractivity contribution in [2.45, 2.75) is 13.8 Å². The molecule has 2 amide bonds. The van der Waals surface area contributed by atoms with Crippen LogP contribution in [0.5, 0.6) is 0 Å². The van der Waals surface area contributed by atoms with Crippen LogP contribution in [0, 0.1) is 13.8 Å². The highest BCUT2D eigenvalue weighted by Crippen LogP contribution is 2.25. The second kappa shape index (κ2) is 8.11. The SMILES string of the molecule is Cc1nn(C)c(C)c1-c1cc(C(=O)Nc2cccc(C(=O)N3CCOCC3)c2)[nH]n1. The maximum absolute atomic E-state index is 12.7. The Labute approximate surface area is 174 Å². The van der Waals surface area contributed by atoms with E-state index >= 15 is 0 Å². The molecule has 0 spiro atoms. The number of amides is 2. The van der Waals surface area contributed by atoms with E-state index < -0.39 is 0 Å². The molecule has 9 nitrogen and oxygen atoms in total. The van der Waals surface area contributed by atoms with Crippen LogP contribution < -0.4 is 5.32 Å². The Bertz CT molecular complexity index is 1090. The zero-order valence-corrected chi connectivity index (χ0v) is 17.2. The highest BCUT2D eigenvalue weighted by atomic mass is 16.5. The van der Waals surface area contributed by atoms with Gasteiger partial charge in [0.25, 0.3) is 11.8 Å². The number of carbonyl (C=O) groups excluding carboxylic acids is 2. The summed E-state index contributed by atoms with van der Waals surface area (Å²) < 4.78 is 7.08. The molecule has 156 valence electrons. The van der Waals surface area contributed by atoms with Gasteiger partial charge in [-0.2, -0.15) is 10.2 Å². The molecular weight excluding hydrogens is 384 g/mol. The lowest BCUT2D eigenvalue weighted by molar-refractivity contribution is 0.0303. The van der Waals surface area contributed by atoms with Crippen LogP contribution in [0.15, 0.2) is 30.3 Å². The monoisotopic (exact) mass is 408 g/mol. The van der Waals surface area contributed by atoms with Gasteiger partial charge in [-0.1, -0.05) is 6.07 Å². The third kappa shape index (κ3) is 3.84. The summed E-state index contributed by atoms with van der Waals surface area (Å²) >= 11 is 0. The first-order chi connectivity index (χ1) is 14.4. The number of nitrogens with one attached hydrogen (secondary N) is 2. The highest BCUT2D eigenvalue weighted by molar-refractivity contribution is 6.04. The van der Waals surface area contributed by atoms with Crippen molar-refractivity contribution in [2.75, 3.05) is 31.6 Å². The number of hydrogen-bond donors (Lipinski definition) is 2. The molecule has 3 aromatic rings. The quantitative estimate of drug-likeness (QED) is 0.688. The van der Waals surface area contributed by atoms with Gasteiger partial charge in [0, 0.05) is 42.6 Å². The third-order valence-electron chi connectivity index (χ3n) is 5.25. The largest absolute Gasteiger partial charge is 0.378 e. The van der Waals surface area contributed by atoms with Gasteiger partial charge >= 0.3 is 0 Å². The topological polar surface area (TPSA) is 105 Å². The van der Waals surface area contributed by atoms with Gasteiger partial charge < -0.3 is 15.0 Å². The van der Waals surface area contributed by atoms with E-state index in [0.717, 1.165) is 17.0 Å². The first-order valence-electron chi connectivity index (χ1n) is 9.78. The van der Waals surface area contributed by atoms with Gasteiger partial charge in [-0.15, -0.1) is 0 Å². The number of ether oxygens (including phenoxy) is 1. The number of aromatic amines is 1. The summed E-state index contributed by atoms with van der Waals surface area (Å²) in [6.45, 7) is 6.09. The Hall–Kier alpha value is -3.46. The van der Waals surface area contributed by atoms with Gasteiger partial charge in [0.1, 0.15) is 5.69 Å². The van der Waals surface area contributed by atoms with Crippen molar-refractivity contribution in [2.24, 2.45) is 7.05 Å². The van der Waals surface area contributed by atoms with Crippen molar-refractivity contribution in [3.8, 4) is 11.3 Å². The van der Waals surface area contributed by atoms with Crippen molar-refractivity contribution in [3.05, 3.63) is 53.0 Å². The lowest BCUT2D eigenvalue weighted by Crippen LogP contribution is -2.40. The molecule has 1 fully saturated rings. The Morgan fingerprint density at radius 1 is 1.17 bits per heavy atom. The number of nitrogens with zero attached hydrogens (tertiary/aromatic N) is 4. The van der Waals surface area contributed by atoms with Crippen LogP contribution in [0.3, 0.4) is 0 Å². The maximum atomic E-state index is 12.7. The zero-order chi connectivity index (χ0) is 21.3. The molecule has 1 aromatic carbocycles. The average molecular weight is 408 g/mol. The molecule has 2 N–H and O–H groups in total. The van der Waals surface area contributed by atoms with E-state index in [2.05, 4.69) is 20.6 Å². The van der Waals surface area contributed by atoms with Crippen LogP contribution in [0.25, 0.3) is 11.3 Å². The molecule has 1 saturated heterocycles. The first-order valence-corrected chi connectivity index (χ1v) is 9.78. The number of rotatable bonds is 4. The van der Waals surface area contributed by atoms with Crippen molar-refractivity contribution >= 4 is 17.5 Å². The van der Waals surface area contributed by atoms with E-state index in [1.54, 1.807) is 39.9 Å². The Balaban J connectivity index is 1.49. The third-order valence-corrected chi connectivity index (χ3v) is 5.25. The van der Waals surface area contributed by atoms with Crippen LogP contribution in [0.2, 0.25) is 0 Å². The number of anilines is 1. The van der Waals surface area contributed by atoms with Crippen LogP contribution >= 0.6 is 0 Å². The number of aryl methyl sites for hydroxylation is 2. The van der Waals surface area contributed by atoms with E-state index in [0.29, 0.717) is 48.9 Å². The lowest BCUT2D eigenvalue weighted by Gasteiger charge is -2.27. The van der Waals surface area contributed by atoms with E-state index in [4.69, 9.17) is 4.74 Å². The summed E-state index contributed by atoms with van der Waals surface area (Å²) in [7, 11) is 1.87. The molecule has 0 bridgehead atoms. The van der Waals surface area contributed by atoms with Gasteiger partial charge in [0.05, 0.1) is 24.6 Å². The molecular formula is C21H24N6O3. The second-order valence-corrected chi connectivity index (χ2v) is 7.28.